The van der Waals surface area contributed by atoms with Crippen molar-refractivity contribution in [1.29, 1.82) is 0 Å². The van der Waals surface area contributed by atoms with E-state index in [1.807, 2.05) is 0 Å². The Bertz CT molecular complexity index is 174. The molecule has 1 rings (SSSR count). The molecule has 16 heavy (non-hydrogen) atoms. The molecule has 0 radical (unpaired) electrons. The number of rotatable bonds is 6. The lowest BCUT2D eigenvalue weighted by molar-refractivity contribution is 0.0421. The third-order valence-electron chi connectivity index (χ3n) is 4.02. The smallest absolute Gasteiger partial charge is 0.0625 e. The van der Waals surface area contributed by atoms with E-state index in [0.29, 0.717) is 12.1 Å². The Labute approximate surface area is 101 Å². The van der Waals surface area contributed by atoms with Crippen molar-refractivity contribution in [3.63, 3.8) is 0 Å². The fourth-order valence-electron chi connectivity index (χ4n) is 2.75. The molecule has 0 bridgehead atoms. The lowest BCUT2D eigenvalue weighted by Crippen LogP contribution is -2.40. The predicted octanol–water partition coefficient (Wildman–Crippen LogP) is 3.22. The van der Waals surface area contributed by atoms with Crippen LogP contribution in [-0.4, -0.2) is 25.8 Å². The van der Waals surface area contributed by atoms with Crippen LogP contribution in [0.15, 0.2) is 0 Å². The Hall–Kier alpha value is -0.0800. The molecule has 0 aromatic heterocycles. The van der Waals surface area contributed by atoms with Gasteiger partial charge in [-0.15, -0.1) is 0 Å². The molecular weight excluding hydrogens is 198 g/mol. The van der Waals surface area contributed by atoms with Crippen molar-refractivity contribution in [2.24, 2.45) is 11.8 Å². The first-order valence-electron chi connectivity index (χ1n) is 6.96. The molecule has 1 aliphatic carbocycles. The quantitative estimate of drug-likeness (QED) is 0.752. The summed E-state index contributed by atoms with van der Waals surface area (Å²) < 4.78 is 5.74. The van der Waals surface area contributed by atoms with Gasteiger partial charge in [0.25, 0.3) is 0 Å². The SMILES string of the molecule is CCC1CCC(C(COC(C)C)NC)CC1. The molecule has 1 N–H and O–H groups in total. The summed E-state index contributed by atoms with van der Waals surface area (Å²) in [4.78, 5) is 0. The molecule has 1 fully saturated rings. The van der Waals surface area contributed by atoms with Crippen LogP contribution in [0.5, 0.6) is 0 Å². The topological polar surface area (TPSA) is 21.3 Å². The van der Waals surface area contributed by atoms with Gasteiger partial charge in [-0.1, -0.05) is 26.2 Å². The van der Waals surface area contributed by atoms with Crippen molar-refractivity contribution in [2.75, 3.05) is 13.7 Å². The molecular formula is C14H29NO. The summed E-state index contributed by atoms with van der Waals surface area (Å²) in [7, 11) is 2.07. The summed E-state index contributed by atoms with van der Waals surface area (Å²) in [5.41, 5.74) is 0. The fourth-order valence-corrected chi connectivity index (χ4v) is 2.75. The minimum atomic E-state index is 0.350. The lowest BCUT2D eigenvalue weighted by atomic mass is 9.78. The molecule has 0 aliphatic heterocycles. The molecule has 1 aliphatic rings. The van der Waals surface area contributed by atoms with Gasteiger partial charge in [0, 0.05) is 6.04 Å². The highest BCUT2D eigenvalue weighted by molar-refractivity contribution is 4.80. The van der Waals surface area contributed by atoms with Crippen molar-refractivity contribution >= 4 is 0 Å². The number of likely N-dealkylation sites (N-methyl/N-ethyl adjacent to an activating group) is 1. The van der Waals surface area contributed by atoms with E-state index in [1.54, 1.807) is 0 Å². The number of hydrogen-bond donors (Lipinski definition) is 1. The standard InChI is InChI=1S/C14H29NO/c1-5-12-6-8-13(9-7-12)14(15-4)10-16-11(2)3/h11-15H,5-10H2,1-4H3. The highest BCUT2D eigenvalue weighted by Crippen LogP contribution is 2.32. The van der Waals surface area contributed by atoms with Gasteiger partial charge >= 0.3 is 0 Å². The van der Waals surface area contributed by atoms with Crippen LogP contribution in [0, 0.1) is 11.8 Å². The molecule has 0 saturated heterocycles. The fraction of sp³-hybridized carbons (Fsp3) is 1.00. The molecule has 0 spiro atoms. The van der Waals surface area contributed by atoms with Crippen LogP contribution in [0.2, 0.25) is 0 Å². The first-order chi connectivity index (χ1) is 7.67. The summed E-state index contributed by atoms with van der Waals surface area (Å²) in [6.07, 6.45) is 7.31. The third-order valence-corrected chi connectivity index (χ3v) is 4.02. The highest BCUT2D eigenvalue weighted by Gasteiger charge is 2.26. The van der Waals surface area contributed by atoms with Gasteiger partial charge in [0.05, 0.1) is 12.7 Å². The zero-order valence-electron chi connectivity index (χ0n) is 11.5. The van der Waals surface area contributed by atoms with Crippen molar-refractivity contribution in [3.05, 3.63) is 0 Å². The largest absolute Gasteiger partial charge is 0.377 e. The second kappa shape index (κ2) is 7.29. The zero-order chi connectivity index (χ0) is 12.0. The second-order valence-corrected chi connectivity index (χ2v) is 5.47. The van der Waals surface area contributed by atoms with Crippen molar-refractivity contribution in [1.82, 2.24) is 5.32 Å². The van der Waals surface area contributed by atoms with Crippen LogP contribution in [0.1, 0.15) is 52.9 Å². The lowest BCUT2D eigenvalue weighted by Gasteiger charge is -2.33. The van der Waals surface area contributed by atoms with E-state index < -0.39 is 0 Å². The molecule has 0 heterocycles. The molecule has 1 unspecified atom stereocenters. The molecule has 1 atom stereocenters. The summed E-state index contributed by atoms with van der Waals surface area (Å²) in [6, 6.07) is 0.556. The summed E-state index contributed by atoms with van der Waals surface area (Å²) in [5.74, 6) is 1.81. The van der Waals surface area contributed by atoms with Crippen LogP contribution < -0.4 is 5.32 Å². The summed E-state index contributed by atoms with van der Waals surface area (Å²) in [6.45, 7) is 7.42. The predicted molar refractivity (Wildman–Crippen MR) is 69.7 cm³/mol. The van der Waals surface area contributed by atoms with Crippen molar-refractivity contribution in [3.8, 4) is 0 Å². The monoisotopic (exact) mass is 227 g/mol. The first-order valence-corrected chi connectivity index (χ1v) is 6.96. The van der Waals surface area contributed by atoms with E-state index in [1.165, 1.54) is 32.1 Å². The van der Waals surface area contributed by atoms with E-state index >= 15 is 0 Å². The van der Waals surface area contributed by atoms with Crippen LogP contribution in [0.3, 0.4) is 0 Å². The Morgan fingerprint density at radius 3 is 2.25 bits per heavy atom. The first kappa shape index (κ1) is 14.0. The average molecular weight is 227 g/mol. The zero-order valence-corrected chi connectivity index (χ0v) is 11.5. The van der Waals surface area contributed by atoms with Gasteiger partial charge in [-0.2, -0.15) is 0 Å². The van der Waals surface area contributed by atoms with Crippen LogP contribution >= 0.6 is 0 Å². The number of nitrogens with one attached hydrogen (secondary N) is 1. The van der Waals surface area contributed by atoms with Gasteiger partial charge in [-0.25, -0.2) is 0 Å². The second-order valence-electron chi connectivity index (χ2n) is 5.47. The van der Waals surface area contributed by atoms with Gasteiger partial charge in [0.15, 0.2) is 0 Å². The number of ether oxygens (including phenoxy) is 1. The van der Waals surface area contributed by atoms with E-state index in [0.717, 1.165) is 18.4 Å². The minimum absolute atomic E-state index is 0.350. The average Bonchev–Trinajstić information content (AvgIpc) is 2.30. The van der Waals surface area contributed by atoms with Crippen LogP contribution in [0.4, 0.5) is 0 Å². The summed E-state index contributed by atoms with van der Waals surface area (Å²) in [5, 5.41) is 3.43. The van der Waals surface area contributed by atoms with Gasteiger partial charge in [0.1, 0.15) is 0 Å². The van der Waals surface area contributed by atoms with Gasteiger partial charge < -0.3 is 10.1 Å². The van der Waals surface area contributed by atoms with Crippen LogP contribution in [0.25, 0.3) is 0 Å². The molecule has 96 valence electrons. The Morgan fingerprint density at radius 2 is 1.81 bits per heavy atom. The molecule has 2 heteroatoms. The third kappa shape index (κ3) is 4.42. The molecule has 0 aromatic carbocycles. The molecule has 0 amide bonds. The van der Waals surface area contributed by atoms with Gasteiger partial charge in [-0.3, -0.25) is 0 Å². The normalized spacial score (nSPS) is 28.3. The maximum atomic E-state index is 5.74. The van der Waals surface area contributed by atoms with E-state index in [2.05, 4.69) is 33.1 Å². The molecule has 0 aromatic rings. The van der Waals surface area contributed by atoms with Crippen LogP contribution in [-0.2, 0) is 4.74 Å². The highest BCUT2D eigenvalue weighted by atomic mass is 16.5. The van der Waals surface area contributed by atoms with Crippen molar-refractivity contribution in [2.45, 2.75) is 65.0 Å². The number of hydrogen-bond acceptors (Lipinski definition) is 2. The minimum Gasteiger partial charge on any atom is -0.377 e. The van der Waals surface area contributed by atoms with Gasteiger partial charge in [0.2, 0.25) is 0 Å². The van der Waals surface area contributed by atoms with Gasteiger partial charge in [-0.05, 0) is 45.6 Å². The Balaban J connectivity index is 2.31. The van der Waals surface area contributed by atoms with E-state index in [4.69, 9.17) is 4.74 Å². The Kier molecular flexibility index (Phi) is 6.37. The van der Waals surface area contributed by atoms with Crippen molar-refractivity contribution < 1.29 is 4.74 Å². The molecule has 1 saturated carbocycles. The Morgan fingerprint density at radius 1 is 1.19 bits per heavy atom. The van der Waals surface area contributed by atoms with E-state index in [9.17, 15) is 0 Å². The summed E-state index contributed by atoms with van der Waals surface area (Å²) >= 11 is 0. The van der Waals surface area contributed by atoms with E-state index in [-0.39, 0.29) is 0 Å². The molecule has 2 nitrogen and oxygen atoms in total. The maximum Gasteiger partial charge on any atom is 0.0625 e. The maximum absolute atomic E-state index is 5.74.